The highest BCUT2D eigenvalue weighted by Crippen LogP contribution is 2.35. The van der Waals surface area contributed by atoms with Crippen LogP contribution in [-0.4, -0.2) is 62.4 Å². The van der Waals surface area contributed by atoms with Crippen LogP contribution in [0.25, 0.3) is 0 Å². The number of anilines is 4. The summed E-state index contributed by atoms with van der Waals surface area (Å²) in [6, 6.07) is 11.6. The SMILES string of the molecule is COCCNC1CCN(c2ccc(Nc3ncc(C(F)(F)F)c(CCc4cccc5c4CC(=O)N5)n3)c(OC)c2)CC1. The third kappa shape index (κ3) is 6.93. The lowest BCUT2D eigenvalue weighted by molar-refractivity contribution is -0.138. The summed E-state index contributed by atoms with van der Waals surface area (Å²) < 4.78 is 52.3. The molecule has 1 saturated heterocycles. The van der Waals surface area contributed by atoms with Gasteiger partial charge in [0.2, 0.25) is 11.9 Å². The van der Waals surface area contributed by atoms with Crippen LogP contribution >= 0.6 is 0 Å². The molecule has 9 nitrogen and oxygen atoms in total. The van der Waals surface area contributed by atoms with Gasteiger partial charge in [-0.1, -0.05) is 12.1 Å². The minimum absolute atomic E-state index is 0.0308. The first-order valence-electron chi connectivity index (χ1n) is 14.0. The third-order valence-corrected chi connectivity index (χ3v) is 7.72. The Balaban J connectivity index is 1.30. The Morgan fingerprint density at radius 3 is 2.67 bits per heavy atom. The van der Waals surface area contributed by atoms with Crippen LogP contribution in [0.3, 0.4) is 0 Å². The van der Waals surface area contributed by atoms with Crippen molar-refractivity contribution in [2.45, 2.75) is 44.3 Å². The molecule has 224 valence electrons. The number of amides is 1. The highest BCUT2D eigenvalue weighted by molar-refractivity contribution is 5.99. The summed E-state index contributed by atoms with van der Waals surface area (Å²) in [7, 11) is 3.24. The Kier molecular flexibility index (Phi) is 9.12. The predicted octanol–water partition coefficient (Wildman–Crippen LogP) is 4.73. The van der Waals surface area contributed by atoms with Gasteiger partial charge in [0.1, 0.15) is 5.75 Å². The fraction of sp³-hybridized carbons (Fsp3) is 0.433. The van der Waals surface area contributed by atoms with E-state index in [1.165, 1.54) is 0 Å². The summed E-state index contributed by atoms with van der Waals surface area (Å²) in [5.74, 6) is 0.457. The van der Waals surface area contributed by atoms with Crippen molar-refractivity contribution < 1.29 is 27.4 Å². The van der Waals surface area contributed by atoms with Crippen LogP contribution in [0.4, 0.5) is 36.2 Å². The van der Waals surface area contributed by atoms with Gasteiger partial charge in [0.25, 0.3) is 0 Å². The molecule has 3 heterocycles. The number of carbonyl (C=O) groups excluding carboxylic acids is 1. The van der Waals surface area contributed by atoms with Gasteiger partial charge >= 0.3 is 6.18 Å². The molecule has 0 saturated carbocycles. The molecule has 0 spiro atoms. The van der Waals surface area contributed by atoms with Crippen molar-refractivity contribution in [2.75, 3.05) is 56.0 Å². The van der Waals surface area contributed by atoms with Crippen LogP contribution in [0.2, 0.25) is 0 Å². The van der Waals surface area contributed by atoms with E-state index in [1.807, 2.05) is 24.3 Å². The standard InChI is InChI=1S/C30H35F3N6O3/c1-41-15-12-34-20-10-13-39(14-11-20)21-7-9-26(27(16-21)42-2)38-29-35-18-23(30(31,32)33)25(37-29)8-6-19-4-3-5-24-22(19)17-28(40)36-24/h3-5,7,9,16,18,20,34H,6,8,10-15,17H2,1-2H3,(H,36,40)(H,35,37,38). The quantitative estimate of drug-likeness (QED) is 0.278. The Morgan fingerprint density at radius 2 is 1.93 bits per heavy atom. The maximum Gasteiger partial charge on any atom is 0.419 e. The molecule has 3 N–H and O–H groups in total. The maximum atomic E-state index is 13.9. The van der Waals surface area contributed by atoms with E-state index in [0.29, 0.717) is 36.2 Å². The smallest absolute Gasteiger partial charge is 0.419 e. The van der Waals surface area contributed by atoms with Crippen LogP contribution in [0.15, 0.2) is 42.6 Å². The molecule has 0 aliphatic carbocycles. The van der Waals surface area contributed by atoms with E-state index in [4.69, 9.17) is 9.47 Å². The lowest BCUT2D eigenvalue weighted by Gasteiger charge is -2.34. The highest BCUT2D eigenvalue weighted by Gasteiger charge is 2.35. The van der Waals surface area contributed by atoms with E-state index in [1.54, 1.807) is 26.4 Å². The second kappa shape index (κ2) is 13.0. The van der Waals surface area contributed by atoms with Crippen LogP contribution in [0.1, 0.15) is 35.2 Å². The molecule has 0 unspecified atom stereocenters. The number of rotatable bonds is 11. The number of nitrogens with one attached hydrogen (secondary N) is 3. The van der Waals surface area contributed by atoms with Gasteiger partial charge in [0, 0.05) is 56.4 Å². The number of ether oxygens (including phenoxy) is 2. The molecule has 0 atom stereocenters. The number of carbonyl (C=O) groups is 1. The maximum absolute atomic E-state index is 13.9. The van der Waals surface area contributed by atoms with Crippen LogP contribution in [0.5, 0.6) is 5.75 Å². The minimum atomic E-state index is -4.60. The van der Waals surface area contributed by atoms with E-state index < -0.39 is 11.7 Å². The van der Waals surface area contributed by atoms with E-state index in [-0.39, 0.29) is 30.4 Å². The Labute approximate surface area is 242 Å². The van der Waals surface area contributed by atoms with E-state index in [0.717, 1.165) is 55.5 Å². The van der Waals surface area contributed by atoms with Gasteiger partial charge in [-0.3, -0.25) is 4.79 Å². The number of piperidine rings is 1. The number of hydrogen-bond donors (Lipinski definition) is 3. The molecule has 2 aromatic carbocycles. The normalized spacial score (nSPS) is 15.5. The first kappa shape index (κ1) is 29.6. The van der Waals surface area contributed by atoms with Crippen LogP contribution < -0.4 is 25.6 Å². The fourth-order valence-electron chi connectivity index (χ4n) is 5.51. The summed E-state index contributed by atoms with van der Waals surface area (Å²) >= 11 is 0. The molecule has 0 radical (unpaired) electrons. The zero-order chi connectivity index (χ0) is 29.7. The molecule has 3 aromatic rings. The van der Waals surface area contributed by atoms with E-state index >= 15 is 0 Å². The Hall–Kier alpha value is -3.90. The van der Waals surface area contributed by atoms with Crippen LogP contribution in [0, 0.1) is 0 Å². The highest BCUT2D eigenvalue weighted by atomic mass is 19.4. The number of aromatic nitrogens is 2. The first-order valence-corrected chi connectivity index (χ1v) is 14.0. The number of methoxy groups -OCH3 is 2. The van der Waals surface area contributed by atoms with Crippen LogP contribution in [-0.2, 0) is 35.0 Å². The van der Waals surface area contributed by atoms with Crippen molar-refractivity contribution in [1.29, 1.82) is 0 Å². The summed E-state index contributed by atoms with van der Waals surface area (Å²) in [4.78, 5) is 22.4. The number of benzene rings is 2. The molecule has 12 heteroatoms. The second-order valence-electron chi connectivity index (χ2n) is 10.4. The van der Waals surface area contributed by atoms with Gasteiger partial charge in [0.15, 0.2) is 0 Å². The van der Waals surface area contributed by atoms with Gasteiger partial charge in [0.05, 0.1) is 37.1 Å². The van der Waals surface area contributed by atoms with Gasteiger partial charge < -0.3 is 30.3 Å². The predicted molar refractivity (Wildman–Crippen MR) is 155 cm³/mol. The molecule has 5 rings (SSSR count). The zero-order valence-electron chi connectivity index (χ0n) is 23.7. The molecule has 1 aromatic heterocycles. The minimum Gasteiger partial charge on any atom is -0.494 e. The lowest BCUT2D eigenvalue weighted by Crippen LogP contribution is -2.43. The topological polar surface area (TPSA) is 101 Å². The Bertz CT molecular complexity index is 1410. The number of nitrogens with zero attached hydrogens (tertiary/aromatic N) is 3. The van der Waals surface area contributed by atoms with Crippen molar-refractivity contribution in [3.63, 3.8) is 0 Å². The van der Waals surface area contributed by atoms with Crippen molar-refractivity contribution in [1.82, 2.24) is 15.3 Å². The molecule has 42 heavy (non-hydrogen) atoms. The van der Waals surface area contributed by atoms with E-state index in [9.17, 15) is 18.0 Å². The summed E-state index contributed by atoms with van der Waals surface area (Å²) in [5, 5.41) is 9.34. The summed E-state index contributed by atoms with van der Waals surface area (Å²) in [6.45, 7) is 3.29. The third-order valence-electron chi connectivity index (χ3n) is 7.72. The molecule has 0 bridgehead atoms. The van der Waals surface area contributed by atoms with Crippen molar-refractivity contribution in [3.8, 4) is 5.75 Å². The molecule has 2 aliphatic rings. The number of alkyl halides is 3. The Morgan fingerprint density at radius 1 is 1.12 bits per heavy atom. The van der Waals surface area contributed by atoms with Gasteiger partial charge in [-0.05, 0) is 55.0 Å². The van der Waals surface area contributed by atoms with Crippen molar-refractivity contribution >= 4 is 28.9 Å². The first-order chi connectivity index (χ1) is 20.2. The summed E-state index contributed by atoms with van der Waals surface area (Å²) in [5.41, 5.74) is 2.90. The average molecular weight is 585 g/mol. The average Bonchev–Trinajstić information content (AvgIpc) is 3.37. The number of fused-ring (bicyclic) bond motifs is 1. The summed E-state index contributed by atoms with van der Waals surface area (Å²) in [6.07, 6.45) is -1.23. The van der Waals surface area contributed by atoms with Gasteiger partial charge in [-0.15, -0.1) is 0 Å². The van der Waals surface area contributed by atoms with Crippen molar-refractivity contribution in [3.05, 3.63) is 65.0 Å². The monoisotopic (exact) mass is 584 g/mol. The lowest BCUT2D eigenvalue weighted by atomic mass is 9.98. The molecular formula is C30H35F3N6O3. The molecule has 1 fully saturated rings. The number of aryl methyl sites for hydroxylation is 2. The number of hydrogen-bond acceptors (Lipinski definition) is 8. The van der Waals surface area contributed by atoms with Crippen molar-refractivity contribution in [2.24, 2.45) is 0 Å². The molecular weight excluding hydrogens is 549 g/mol. The molecule has 1 amide bonds. The molecule has 2 aliphatic heterocycles. The fourth-order valence-corrected chi connectivity index (χ4v) is 5.51. The zero-order valence-corrected chi connectivity index (χ0v) is 23.7. The van der Waals surface area contributed by atoms with Gasteiger partial charge in [-0.2, -0.15) is 13.2 Å². The van der Waals surface area contributed by atoms with Gasteiger partial charge in [-0.25, -0.2) is 9.97 Å². The largest absolute Gasteiger partial charge is 0.494 e. The van der Waals surface area contributed by atoms with E-state index in [2.05, 4.69) is 30.8 Å². The second-order valence-corrected chi connectivity index (χ2v) is 10.4. The number of halogens is 3.